The van der Waals surface area contributed by atoms with Crippen LogP contribution in [0.25, 0.3) is 0 Å². The van der Waals surface area contributed by atoms with Gasteiger partial charge in [0.2, 0.25) is 0 Å². The van der Waals surface area contributed by atoms with Crippen LogP contribution in [0.1, 0.15) is 19.4 Å². The summed E-state index contributed by atoms with van der Waals surface area (Å²) < 4.78 is 29.9. The van der Waals surface area contributed by atoms with Gasteiger partial charge in [0.1, 0.15) is 5.75 Å². The fourth-order valence-corrected chi connectivity index (χ4v) is 2.10. The molecule has 1 aromatic rings. The van der Waals surface area contributed by atoms with E-state index in [-0.39, 0.29) is 12.3 Å². The average Bonchev–Trinajstić information content (AvgIpc) is 2.40. The molecule has 0 fully saturated rings. The Morgan fingerprint density at radius 3 is 2.60 bits per heavy atom. The molecule has 2 N–H and O–H groups in total. The lowest BCUT2D eigenvalue weighted by molar-refractivity contribution is -0.0504. The Kier molecular flexibility index (Phi) is 6.70. The number of nitrogens with zero attached hydrogens (tertiary/aromatic N) is 2. The second kappa shape index (κ2) is 8.04. The number of aliphatic imine (C=N–C) groups is 1. The minimum absolute atomic E-state index is 0.110. The number of halogens is 3. The van der Waals surface area contributed by atoms with Gasteiger partial charge in [-0.3, -0.25) is 0 Å². The van der Waals surface area contributed by atoms with Crippen molar-refractivity contribution in [1.29, 1.82) is 0 Å². The van der Waals surface area contributed by atoms with E-state index < -0.39 is 6.61 Å². The van der Waals surface area contributed by atoms with Crippen molar-refractivity contribution in [2.75, 3.05) is 13.1 Å². The first kappa shape index (κ1) is 16.7. The summed E-state index contributed by atoms with van der Waals surface area (Å²) in [5.41, 5.74) is 6.40. The number of alkyl halides is 2. The van der Waals surface area contributed by atoms with Gasteiger partial charge in [-0.2, -0.15) is 8.78 Å². The highest BCUT2D eigenvalue weighted by Gasteiger charge is 2.10. The third-order valence-electron chi connectivity index (χ3n) is 2.74. The number of guanidine groups is 1. The largest absolute Gasteiger partial charge is 0.434 e. The quantitative estimate of drug-likeness (QED) is 0.633. The van der Waals surface area contributed by atoms with Crippen LogP contribution in [-0.2, 0) is 6.54 Å². The van der Waals surface area contributed by atoms with Crippen molar-refractivity contribution in [3.05, 3.63) is 28.2 Å². The number of hydrogen-bond donors (Lipinski definition) is 1. The maximum Gasteiger partial charge on any atom is 0.387 e. The first-order chi connectivity index (χ1) is 9.47. The standard InChI is InChI=1S/C13H18BrF2N3O/c1-3-19(4-2)13(17)18-8-9-7-10(14)5-6-11(9)20-12(15)16/h5-7,12H,3-4,8H2,1-2H3,(H2,17,18). The van der Waals surface area contributed by atoms with Crippen molar-refractivity contribution in [3.63, 3.8) is 0 Å². The van der Waals surface area contributed by atoms with Crippen molar-refractivity contribution in [2.24, 2.45) is 10.7 Å². The van der Waals surface area contributed by atoms with Crippen LogP contribution in [0.4, 0.5) is 8.78 Å². The van der Waals surface area contributed by atoms with Gasteiger partial charge in [0.05, 0.1) is 6.54 Å². The van der Waals surface area contributed by atoms with Gasteiger partial charge in [-0.15, -0.1) is 0 Å². The Hall–Kier alpha value is -1.37. The molecule has 0 atom stereocenters. The molecule has 0 unspecified atom stereocenters. The highest BCUT2D eigenvalue weighted by Crippen LogP contribution is 2.25. The SMILES string of the molecule is CCN(CC)C(N)=NCc1cc(Br)ccc1OC(F)F. The van der Waals surface area contributed by atoms with Crippen molar-refractivity contribution >= 4 is 21.9 Å². The molecule has 20 heavy (non-hydrogen) atoms. The van der Waals surface area contributed by atoms with Gasteiger partial charge in [0, 0.05) is 23.1 Å². The van der Waals surface area contributed by atoms with E-state index >= 15 is 0 Å². The zero-order valence-electron chi connectivity index (χ0n) is 11.4. The molecule has 0 aliphatic rings. The molecule has 0 aromatic heterocycles. The van der Waals surface area contributed by atoms with Crippen LogP contribution in [-0.4, -0.2) is 30.6 Å². The van der Waals surface area contributed by atoms with Gasteiger partial charge in [0.15, 0.2) is 5.96 Å². The minimum Gasteiger partial charge on any atom is -0.434 e. The molecule has 0 radical (unpaired) electrons. The summed E-state index contributed by atoms with van der Waals surface area (Å²) in [5, 5.41) is 0. The van der Waals surface area contributed by atoms with Gasteiger partial charge < -0.3 is 15.4 Å². The van der Waals surface area contributed by atoms with E-state index in [2.05, 4.69) is 25.7 Å². The molecule has 0 aliphatic heterocycles. The molecule has 0 aliphatic carbocycles. The van der Waals surface area contributed by atoms with Gasteiger partial charge >= 0.3 is 6.61 Å². The maximum absolute atomic E-state index is 12.3. The lowest BCUT2D eigenvalue weighted by Crippen LogP contribution is -2.37. The van der Waals surface area contributed by atoms with Gasteiger partial charge in [-0.05, 0) is 32.0 Å². The van der Waals surface area contributed by atoms with Crippen LogP contribution in [0.3, 0.4) is 0 Å². The summed E-state index contributed by atoms with van der Waals surface area (Å²) in [4.78, 5) is 6.10. The van der Waals surface area contributed by atoms with Gasteiger partial charge in [-0.25, -0.2) is 4.99 Å². The lowest BCUT2D eigenvalue weighted by Gasteiger charge is -2.19. The van der Waals surface area contributed by atoms with Crippen LogP contribution in [0.2, 0.25) is 0 Å². The van der Waals surface area contributed by atoms with Crippen molar-refractivity contribution in [1.82, 2.24) is 4.90 Å². The summed E-state index contributed by atoms with van der Waals surface area (Å²) in [6.45, 7) is 2.74. The molecule has 0 amide bonds. The summed E-state index contributed by atoms with van der Waals surface area (Å²) in [5.74, 6) is 0.497. The lowest BCUT2D eigenvalue weighted by atomic mass is 10.2. The highest BCUT2D eigenvalue weighted by molar-refractivity contribution is 9.10. The Morgan fingerprint density at radius 2 is 2.05 bits per heavy atom. The van der Waals surface area contributed by atoms with Crippen molar-refractivity contribution in [2.45, 2.75) is 27.0 Å². The molecule has 0 saturated carbocycles. The van der Waals surface area contributed by atoms with Crippen LogP contribution >= 0.6 is 15.9 Å². The van der Waals surface area contributed by atoms with Crippen molar-refractivity contribution in [3.8, 4) is 5.75 Å². The molecule has 0 bridgehead atoms. The van der Waals surface area contributed by atoms with E-state index in [0.29, 0.717) is 11.5 Å². The molecule has 1 rings (SSSR count). The molecule has 112 valence electrons. The first-order valence-corrected chi connectivity index (χ1v) is 7.05. The molecule has 7 heteroatoms. The smallest absolute Gasteiger partial charge is 0.387 e. The molecule has 0 saturated heterocycles. The second-order valence-electron chi connectivity index (χ2n) is 3.98. The number of benzene rings is 1. The third-order valence-corrected chi connectivity index (χ3v) is 3.23. The molecule has 0 spiro atoms. The van der Waals surface area contributed by atoms with E-state index in [1.807, 2.05) is 18.7 Å². The zero-order chi connectivity index (χ0) is 15.1. The third kappa shape index (κ3) is 4.96. The average molecular weight is 350 g/mol. The summed E-state index contributed by atoms with van der Waals surface area (Å²) >= 11 is 3.29. The Bertz CT molecular complexity index is 465. The summed E-state index contributed by atoms with van der Waals surface area (Å²) in [6, 6.07) is 4.81. The van der Waals surface area contributed by atoms with E-state index in [1.165, 1.54) is 6.07 Å². The van der Waals surface area contributed by atoms with E-state index in [9.17, 15) is 8.78 Å². The first-order valence-electron chi connectivity index (χ1n) is 6.26. The van der Waals surface area contributed by atoms with Crippen LogP contribution in [0, 0.1) is 0 Å². The Labute approximate surface area is 125 Å². The van der Waals surface area contributed by atoms with Crippen LogP contribution < -0.4 is 10.5 Å². The number of hydrogen-bond acceptors (Lipinski definition) is 2. The fourth-order valence-electron chi connectivity index (χ4n) is 1.70. The molecular weight excluding hydrogens is 332 g/mol. The topological polar surface area (TPSA) is 50.8 Å². The van der Waals surface area contributed by atoms with E-state index in [4.69, 9.17) is 5.73 Å². The normalized spacial score (nSPS) is 11.8. The molecular formula is C13H18BrF2N3O. The molecule has 4 nitrogen and oxygen atoms in total. The summed E-state index contributed by atoms with van der Waals surface area (Å²) in [7, 11) is 0. The summed E-state index contributed by atoms with van der Waals surface area (Å²) in [6.07, 6.45) is 0. The Morgan fingerprint density at radius 1 is 1.40 bits per heavy atom. The second-order valence-corrected chi connectivity index (χ2v) is 4.89. The van der Waals surface area contributed by atoms with Gasteiger partial charge in [-0.1, -0.05) is 15.9 Å². The van der Waals surface area contributed by atoms with Crippen LogP contribution in [0.15, 0.2) is 27.7 Å². The Balaban J connectivity index is 2.90. The highest BCUT2D eigenvalue weighted by atomic mass is 79.9. The zero-order valence-corrected chi connectivity index (χ0v) is 13.0. The molecule has 0 heterocycles. The van der Waals surface area contributed by atoms with Crippen molar-refractivity contribution < 1.29 is 13.5 Å². The van der Waals surface area contributed by atoms with E-state index in [0.717, 1.165) is 17.6 Å². The van der Waals surface area contributed by atoms with Crippen LogP contribution in [0.5, 0.6) is 5.75 Å². The number of nitrogens with two attached hydrogens (primary N) is 1. The predicted octanol–water partition coefficient (Wildman–Crippen LogP) is 3.21. The fraction of sp³-hybridized carbons (Fsp3) is 0.462. The molecule has 1 aromatic carbocycles. The van der Waals surface area contributed by atoms with Gasteiger partial charge in [0.25, 0.3) is 0 Å². The number of rotatable bonds is 6. The van der Waals surface area contributed by atoms with E-state index in [1.54, 1.807) is 12.1 Å². The monoisotopic (exact) mass is 349 g/mol. The minimum atomic E-state index is -2.86. The number of ether oxygens (including phenoxy) is 1. The predicted molar refractivity (Wildman–Crippen MR) is 79.0 cm³/mol. The maximum atomic E-state index is 12.3.